The van der Waals surface area contributed by atoms with Crippen molar-refractivity contribution < 1.29 is 0 Å². The van der Waals surface area contributed by atoms with E-state index in [0.717, 1.165) is 25.8 Å². The van der Waals surface area contributed by atoms with Crippen LogP contribution in [0.3, 0.4) is 0 Å². The monoisotopic (exact) mass is 361 g/mol. The lowest BCUT2D eigenvalue weighted by Gasteiger charge is -2.40. The first kappa shape index (κ1) is 17.9. The number of aryl methyl sites for hydroxylation is 3. The van der Waals surface area contributed by atoms with Crippen LogP contribution in [0.4, 0.5) is 0 Å². The van der Waals surface area contributed by atoms with E-state index in [0.29, 0.717) is 12.1 Å². The predicted octanol–water partition coefficient (Wildman–Crippen LogP) is 4.12. The lowest BCUT2D eigenvalue weighted by molar-refractivity contribution is 0.108. The van der Waals surface area contributed by atoms with Crippen molar-refractivity contribution in [1.82, 2.24) is 24.6 Å². The molecule has 3 aromatic heterocycles. The minimum Gasteiger partial charge on any atom is -0.289 e. The Bertz CT molecular complexity index is 874. The van der Waals surface area contributed by atoms with E-state index in [1.807, 2.05) is 47.7 Å². The summed E-state index contributed by atoms with van der Waals surface area (Å²) >= 11 is 0. The van der Waals surface area contributed by atoms with Crippen LogP contribution in [-0.4, -0.2) is 31.7 Å². The largest absolute Gasteiger partial charge is 0.289 e. The van der Waals surface area contributed by atoms with Gasteiger partial charge < -0.3 is 0 Å². The average molecular weight is 361 g/mol. The third kappa shape index (κ3) is 3.78. The molecule has 3 aromatic rings. The standard InChI is InChI=1S/C22H27N5/c1-17-7-4-12-23-21(17)19-9-3-10-20(26(19)2)22-18(8-5-13-24-22)11-16-27-15-6-14-25-27/h4-8,12-15,19-20H,3,9-11,16H2,1-2H3/t19-,20+/m0/s1. The van der Waals surface area contributed by atoms with E-state index in [1.54, 1.807) is 0 Å². The summed E-state index contributed by atoms with van der Waals surface area (Å²) in [4.78, 5) is 12.0. The third-order valence-electron chi connectivity index (χ3n) is 5.72. The maximum atomic E-state index is 4.81. The Morgan fingerprint density at radius 1 is 0.963 bits per heavy atom. The van der Waals surface area contributed by atoms with Crippen LogP contribution in [0.1, 0.15) is 53.9 Å². The van der Waals surface area contributed by atoms with E-state index >= 15 is 0 Å². The van der Waals surface area contributed by atoms with Crippen LogP contribution >= 0.6 is 0 Å². The smallest absolute Gasteiger partial charge is 0.0608 e. The van der Waals surface area contributed by atoms with E-state index in [1.165, 1.54) is 28.9 Å². The van der Waals surface area contributed by atoms with Crippen molar-refractivity contribution in [2.24, 2.45) is 0 Å². The van der Waals surface area contributed by atoms with Crippen LogP contribution in [0.5, 0.6) is 0 Å². The summed E-state index contributed by atoms with van der Waals surface area (Å²) in [6.07, 6.45) is 12.1. The molecule has 27 heavy (non-hydrogen) atoms. The number of hydrogen-bond acceptors (Lipinski definition) is 4. The van der Waals surface area contributed by atoms with Gasteiger partial charge in [0.15, 0.2) is 0 Å². The van der Waals surface area contributed by atoms with E-state index < -0.39 is 0 Å². The first-order chi connectivity index (χ1) is 13.2. The molecule has 4 rings (SSSR count). The van der Waals surface area contributed by atoms with Crippen molar-refractivity contribution in [3.8, 4) is 0 Å². The average Bonchev–Trinajstić information content (AvgIpc) is 3.21. The van der Waals surface area contributed by atoms with Crippen molar-refractivity contribution >= 4 is 0 Å². The lowest BCUT2D eigenvalue weighted by atomic mass is 9.89. The van der Waals surface area contributed by atoms with Gasteiger partial charge in [0.25, 0.3) is 0 Å². The van der Waals surface area contributed by atoms with Gasteiger partial charge in [-0.2, -0.15) is 5.10 Å². The molecule has 1 aliphatic rings. The highest BCUT2D eigenvalue weighted by atomic mass is 15.3. The first-order valence-electron chi connectivity index (χ1n) is 9.78. The molecular formula is C22H27N5. The van der Waals surface area contributed by atoms with Crippen molar-refractivity contribution in [2.45, 2.75) is 51.2 Å². The zero-order valence-corrected chi connectivity index (χ0v) is 16.1. The summed E-state index contributed by atoms with van der Waals surface area (Å²) in [5, 5.41) is 4.33. The van der Waals surface area contributed by atoms with Crippen LogP contribution in [-0.2, 0) is 13.0 Å². The zero-order chi connectivity index (χ0) is 18.6. The Kier molecular flexibility index (Phi) is 5.30. The molecule has 0 aromatic carbocycles. The predicted molar refractivity (Wildman–Crippen MR) is 106 cm³/mol. The molecule has 0 bridgehead atoms. The molecule has 1 aliphatic heterocycles. The maximum Gasteiger partial charge on any atom is 0.0608 e. The van der Waals surface area contributed by atoms with Gasteiger partial charge in [-0.3, -0.25) is 19.5 Å². The van der Waals surface area contributed by atoms with Crippen LogP contribution in [0.15, 0.2) is 55.1 Å². The number of hydrogen-bond donors (Lipinski definition) is 0. The van der Waals surface area contributed by atoms with Crippen molar-refractivity contribution in [3.63, 3.8) is 0 Å². The minimum atomic E-state index is 0.332. The molecule has 5 heteroatoms. The number of rotatable bonds is 5. The molecule has 1 saturated heterocycles. The quantitative estimate of drug-likeness (QED) is 0.686. The van der Waals surface area contributed by atoms with Crippen LogP contribution in [0.25, 0.3) is 0 Å². The Morgan fingerprint density at radius 3 is 2.44 bits per heavy atom. The fourth-order valence-corrected chi connectivity index (χ4v) is 4.26. The van der Waals surface area contributed by atoms with Gasteiger partial charge in [-0.1, -0.05) is 12.1 Å². The number of piperidine rings is 1. The first-order valence-corrected chi connectivity index (χ1v) is 9.78. The van der Waals surface area contributed by atoms with Gasteiger partial charge in [0, 0.05) is 31.3 Å². The fourth-order valence-electron chi connectivity index (χ4n) is 4.26. The van der Waals surface area contributed by atoms with Gasteiger partial charge in [-0.15, -0.1) is 0 Å². The molecule has 140 valence electrons. The van der Waals surface area contributed by atoms with Crippen molar-refractivity contribution in [2.75, 3.05) is 7.05 Å². The number of likely N-dealkylation sites (tertiary alicyclic amines) is 1. The Morgan fingerprint density at radius 2 is 1.70 bits per heavy atom. The lowest BCUT2D eigenvalue weighted by Crippen LogP contribution is -2.35. The minimum absolute atomic E-state index is 0.332. The van der Waals surface area contributed by atoms with Crippen molar-refractivity contribution in [3.05, 3.63) is 77.6 Å². The molecular weight excluding hydrogens is 334 g/mol. The topological polar surface area (TPSA) is 46.8 Å². The second-order valence-corrected chi connectivity index (χ2v) is 7.40. The summed E-state index contributed by atoms with van der Waals surface area (Å²) in [7, 11) is 2.23. The number of nitrogens with zero attached hydrogens (tertiary/aromatic N) is 5. The van der Waals surface area contributed by atoms with Gasteiger partial charge in [0.1, 0.15) is 0 Å². The van der Waals surface area contributed by atoms with E-state index in [9.17, 15) is 0 Å². The van der Waals surface area contributed by atoms with E-state index in [-0.39, 0.29) is 0 Å². The Labute approximate surface area is 161 Å². The summed E-state index contributed by atoms with van der Waals surface area (Å²) in [5.74, 6) is 0. The molecule has 0 saturated carbocycles. The SMILES string of the molecule is Cc1cccnc1[C@@H]1CCC[C@H](c2ncccc2CCn2cccn2)N1C. The third-order valence-corrected chi connectivity index (χ3v) is 5.72. The number of aromatic nitrogens is 4. The Hall–Kier alpha value is -2.53. The second-order valence-electron chi connectivity index (χ2n) is 7.40. The van der Waals surface area contributed by atoms with Crippen LogP contribution in [0, 0.1) is 6.92 Å². The summed E-state index contributed by atoms with van der Waals surface area (Å²) in [6.45, 7) is 3.04. The summed E-state index contributed by atoms with van der Waals surface area (Å²) in [6, 6.07) is 11.1. The molecule has 0 spiro atoms. The Balaban J connectivity index is 1.58. The summed E-state index contributed by atoms with van der Waals surface area (Å²) < 4.78 is 1.99. The molecule has 2 atom stereocenters. The van der Waals surface area contributed by atoms with E-state index in [2.05, 4.69) is 36.1 Å². The molecule has 0 unspecified atom stereocenters. The van der Waals surface area contributed by atoms with E-state index in [4.69, 9.17) is 9.97 Å². The highest BCUT2D eigenvalue weighted by Gasteiger charge is 2.32. The van der Waals surface area contributed by atoms with Crippen molar-refractivity contribution in [1.29, 1.82) is 0 Å². The highest BCUT2D eigenvalue weighted by Crippen LogP contribution is 2.40. The fraction of sp³-hybridized carbons (Fsp3) is 0.409. The molecule has 5 nitrogen and oxygen atoms in total. The van der Waals surface area contributed by atoms with Gasteiger partial charge in [0.05, 0.1) is 23.5 Å². The second kappa shape index (κ2) is 8.01. The normalized spacial score (nSPS) is 20.7. The maximum absolute atomic E-state index is 4.81. The van der Waals surface area contributed by atoms with Gasteiger partial charge in [0.2, 0.25) is 0 Å². The molecule has 0 amide bonds. The van der Waals surface area contributed by atoms with Gasteiger partial charge in [-0.05, 0) is 69.0 Å². The van der Waals surface area contributed by atoms with Gasteiger partial charge >= 0.3 is 0 Å². The molecule has 0 aliphatic carbocycles. The highest BCUT2D eigenvalue weighted by molar-refractivity contribution is 5.26. The molecule has 4 heterocycles. The molecule has 0 N–H and O–H groups in total. The molecule has 0 radical (unpaired) electrons. The zero-order valence-electron chi connectivity index (χ0n) is 16.1. The summed E-state index contributed by atoms with van der Waals surface area (Å²) in [5.41, 5.74) is 5.02. The van der Waals surface area contributed by atoms with Gasteiger partial charge in [-0.25, -0.2) is 0 Å². The number of pyridine rings is 2. The molecule has 1 fully saturated rings. The van der Waals surface area contributed by atoms with Crippen LogP contribution < -0.4 is 0 Å². The van der Waals surface area contributed by atoms with Crippen LogP contribution in [0.2, 0.25) is 0 Å².